The van der Waals surface area contributed by atoms with Gasteiger partial charge in [-0.15, -0.1) is 11.3 Å². The van der Waals surface area contributed by atoms with Crippen LogP contribution in [0.1, 0.15) is 23.5 Å². The zero-order valence-electron chi connectivity index (χ0n) is 14.2. The fraction of sp³-hybridized carbons (Fsp3) is 0.353. The summed E-state index contributed by atoms with van der Waals surface area (Å²) in [6.07, 6.45) is 1.69. The molecule has 0 atom stereocenters. The van der Waals surface area contributed by atoms with Gasteiger partial charge in [0.15, 0.2) is 0 Å². The monoisotopic (exact) mass is 379 g/mol. The molecule has 0 unspecified atom stereocenters. The van der Waals surface area contributed by atoms with E-state index in [0.29, 0.717) is 27.3 Å². The minimum Gasteiger partial charge on any atom is -1.00 e. The molecule has 0 aliphatic carbocycles. The van der Waals surface area contributed by atoms with E-state index >= 15 is 0 Å². The lowest BCUT2D eigenvalue weighted by molar-refractivity contribution is -0.0000134. The zero-order valence-corrected chi connectivity index (χ0v) is 15.7. The first-order chi connectivity index (χ1) is 11.6. The predicted molar refractivity (Wildman–Crippen MR) is 97.0 cm³/mol. The molecule has 0 spiro atoms. The van der Waals surface area contributed by atoms with Crippen LogP contribution in [0.25, 0.3) is 15.9 Å². The molecular formula is C17H20ClN4O2S-. The van der Waals surface area contributed by atoms with Gasteiger partial charge in [0.25, 0.3) is 11.5 Å². The number of fused-ring (bicyclic) bond motifs is 2. The summed E-state index contributed by atoms with van der Waals surface area (Å²) in [4.78, 5) is 32.6. The van der Waals surface area contributed by atoms with Crippen LogP contribution >= 0.6 is 11.3 Å². The van der Waals surface area contributed by atoms with E-state index in [1.807, 2.05) is 6.07 Å². The Bertz CT molecular complexity index is 933. The maximum Gasteiger partial charge on any atom is 0.266 e. The highest BCUT2D eigenvalue weighted by molar-refractivity contribution is 7.20. The van der Waals surface area contributed by atoms with Gasteiger partial charge in [-0.1, -0.05) is 19.9 Å². The lowest BCUT2D eigenvalue weighted by Gasteiger charge is -2.17. The van der Waals surface area contributed by atoms with Crippen molar-refractivity contribution in [3.05, 3.63) is 45.7 Å². The molecule has 0 saturated carbocycles. The Balaban J connectivity index is 0.00000225. The van der Waals surface area contributed by atoms with Crippen molar-refractivity contribution >= 4 is 33.1 Å². The molecule has 0 aliphatic heterocycles. The molecule has 0 radical (unpaired) electrons. The summed E-state index contributed by atoms with van der Waals surface area (Å²) in [6.45, 7) is 7.52. The van der Waals surface area contributed by atoms with E-state index in [2.05, 4.69) is 29.0 Å². The Labute approximate surface area is 155 Å². The van der Waals surface area contributed by atoms with Crippen LogP contribution in [-0.2, 0) is 0 Å². The van der Waals surface area contributed by atoms with Crippen LogP contribution < -0.4 is 23.3 Å². The van der Waals surface area contributed by atoms with Crippen LogP contribution in [0, 0.1) is 0 Å². The number of likely N-dealkylation sites (N-methyl/N-ethyl adjacent to an activating group) is 1. The van der Waals surface area contributed by atoms with E-state index in [1.165, 1.54) is 15.7 Å². The van der Waals surface area contributed by atoms with Crippen LogP contribution in [0.3, 0.4) is 0 Å². The summed E-state index contributed by atoms with van der Waals surface area (Å²) in [5.41, 5.74) is 0.444. The number of nitrogens with one attached hydrogen (secondary N) is 1. The molecule has 3 rings (SSSR count). The van der Waals surface area contributed by atoms with E-state index < -0.39 is 0 Å². The first-order valence-corrected chi connectivity index (χ1v) is 8.87. The van der Waals surface area contributed by atoms with Gasteiger partial charge in [-0.2, -0.15) is 0 Å². The molecule has 0 bridgehead atoms. The van der Waals surface area contributed by atoms with Crippen molar-refractivity contribution in [2.45, 2.75) is 13.8 Å². The van der Waals surface area contributed by atoms with E-state index in [-0.39, 0.29) is 23.9 Å². The molecule has 0 aromatic carbocycles. The second kappa shape index (κ2) is 8.42. The Kier molecular flexibility index (Phi) is 6.52. The molecule has 0 fully saturated rings. The molecule has 8 heteroatoms. The molecule has 3 aromatic heterocycles. The first kappa shape index (κ1) is 19.4. The van der Waals surface area contributed by atoms with E-state index in [9.17, 15) is 9.59 Å². The Morgan fingerprint density at radius 3 is 2.80 bits per heavy atom. The van der Waals surface area contributed by atoms with Crippen molar-refractivity contribution < 1.29 is 17.2 Å². The largest absolute Gasteiger partial charge is 1.00 e. The second-order valence-corrected chi connectivity index (χ2v) is 6.49. The lowest BCUT2D eigenvalue weighted by atomic mass is 10.3. The van der Waals surface area contributed by atoms with Crippen LogP contribution in [0.4, 0.5) is 0 Å². The van der Waals surface area contributed by atoms with Crippen LogP contribution in [0.15, 0.2) is 35.3 Å². The number of aromatic nitrogens is 2. The maximum absolute atomic E-state index is 12.5. The quantitative estimate of drug-likeness (QED) is 0.595. The molecule has 25 heavy (non-hydrogen) atoms. The number of halogens is 1. The van der Waals surface area contributed by atoms with Crippen molar-refractivity contribution in [1.82, 2.24) is 19.6 Å². The third-order valence-corrected chi connectivity index (χ3v) is 5.08. The molecule has 3 aromatic rings. The number of nitrogens with zero attached hydrogens (tertiary/aromatic N) is 3. The highest BCUT2D eigenvalue weighted by atomic mass is 35.5. The minimum absolute atomic E-state index is 0. The number of amides is 1. The SMILES string of the molecule is CCN(CC)CCNC(=O)c1cc2c(=O)n3ccccc3nc2s1.[Cl-]. The predicted octanol–water partition coefficient (Wildman–Crippen LogP) is -1.02. The number of thiophene rings is 1. The Hall–Kier alpha value is -1.96. The molecular weight excluding hydrogens is 360 g/mol. The van der Waals surface area contributed by atoms with Gasteiger partial charge in [-0.3, -0.25) is 14.0 Å². The second-order valence-electron chi connectivity index (χ2n) is 5.46. The number of hydrogen-bond acceptors (Lipinski definition) is 5. The van der Waals surface area contributed by atoms with Gasteiger partial charge in [0.1, 0.15) is 10.5 Å². The zero-order chi connectivity index (χ0) is 17.1. The van der Waals surface area contributed by atoms with Crippen LogP contribution in [-0.4, -0.2) is 46.4 Å². The normalized spacial score (nSPS) is 11.0. The summed E-state index contributed by atoms with van der Waals surface area (Å²) < 4.78 is 1.50. The molecule has 6 nitrogen and oxygen atoms in total. The topological polar surface area (TPSA) is 66.7 Å². The van der Waals surface area contributed by atoms with Crippen molar-refractivity contribution in [2.75, 3.05) is 26.2 Å². The van der Waals surface area contributed by atoms with Crippen LogP contribution in [0.5, 0.6) is 0 Å². The van der Waals surface area contributed by atoms with Gasteiger partial charge >= 0.3 is 0 Å². The van der Waals surface area contributed by atoms with Crippen molar-refractivity contribution in [2.24, 2.45) is 0 Å². The third-order valence-electron chi connectivity index (χ3n) is 4.05. The Morgan fingerprint density at radius 2 is 2.08 bits per heavy atom. The first-order valence-electron chi connectivity index (χ1n) is 8.05. The standard InChI is InChI=1S/C17H20N4O2S.ClH/c1-3-20(4-2)10-8-18-15(22)13-11-12-16(24-13)19-14-7-5-6-9-21(14)17(12)23;/h5-7,9,11H,3-4,8,10H2,1-2H3,(H,18,22);1H/p-1. The van der Waals surface area contributed by atoms with Gasteiger partial charge in [-0.25, -0.2) is 4.98 Å². The highest BCUT2D eigenvalue weighted by Crippen LogP contribution is 2.21. The van der Waals surface area contributed by atoms with Crippen molar-refractivity contribution in [1.29, 1.82) is 0 Å². The maximum atomic E-state index is 12.5. The molecule has 1 amide bonds. The minimum atomic E-state index is -0.154. The van der Waals surface area contributed by atoms with Gasteiger partial charge in [-0.05, 0) is 31.3 Å². The fourth-order valence-corrected chi connectivity index (χ4v) is 3.56. The van der Waals surface area contributed by atoms with Crippen molar-refractivity contribution in [3.8, 4) is 0 Å². The summed E-state index contributed by atoms with van der Waals surface area (Å²) >= 11 is 1.25. The molecule has 134 valence electrons. The molecule has 0 aliphatic rings. The number of rotatable bonds is 6. The number of hydrogen-bond donors (Lipinski definition) is 1. The number of carbonyl (C=O) groups excluding carboxylic acids is 1. The van der Waals surface area contributed by atoms with Gasteiger partial charge in [0.2, 0.25) is 0 Å². The van der Waals surface area contributed by atoms with Crippen molar-refractivity contribution in [3.63, 3.8) is 0 Å². The number of carbonyl (C=O) groups is 1. The Morgan fingerprint density at radius 1 is 1.32 bits per heavy atom. The number of pyridine rings is 1. The smallest absolute Gasteiger partial charge is 0.266 e. The van der Waals surface area contributed by atoms with Gasteiger partial charge in [0.05, 0.1) is 10.3 Å². The lowest BCUT2D eigenvalue weighted by Crippen LogP contribution is -3.00. The highest BCUT2D eigenvalue weighted by Gasteiger charge is 2.14. The average Bonchev–Trinajstić information content (AvgIpc) is 3.03. The summed E-state index contributed by atoms with van der Waals surface area (Å²) in [7, 11) is 0. The average molecular weight is 380 g/mol. The van der Waals surface area contributed by atoms with E-state index in [4.69, 9.17) is 0 Å². The van der Waals surface area contributed by atoms with Crippen LogP contribution in [0.2, 0.25) is 0 Å². The fourth-order valence-electron chi connectivity index (χ4n) is 2.61. The molecule has 1 N–H and O–H groups in total. The van der Waals surface area contributed by atoms with Gasteiger partial charge < -0.3 is 22.6 Å². The summed E-state index contributed by atoms with van der Waals surface area (Å²) in [6, 6.07) is 7.04. The summed E-state index contributed by atoms with van der Waals surface area (Å²) in [5, 5.41) is 3.40. The molecule has 0 saturated heterocycles. The molecule has 3 heterocycles. The third kappa shape index (κ3) is 4.00. The van der Waals surface area contributed by atoms with E-state index in [0.717, 1.165) is 19.6 Å². The van der Waals surface area contributed by atoms with E-state index in [1.54, 1.807) is 24.4 Å². The van der Waals surface area contributed by atoms with Gasteiger partial charge in [0, 0.05) is 19.3 Å². The summed E-state index contributed by atoms with van der Waals surface area (Å²) in [5.74, 6) is -0.154.